The topological polar surface area (TPSA) is 15.3 Å². The van der Waals surface area contributed by atoms with Gasteiger partial charge in [-0.1, -0.05) is 27.2 Å². The number of nitrogens with zero attached hydrogens (tertiary/aromatic N) is 1. The van der Waals surface area contributed by atoms with E-state index < -0.39 is 0 Å². The zero-order valence-electron chi connectivity index (χ0n) is 12.7. The van der Waals surface area contributed by atoms with Gasteiger partial charge in [0.1, 0.15) is 0 Å². The normalized spacial score (nSPS) is 33.5. The number of likely N-dealkylation sites (tertiary alicyclic amines) is 1. The van der Waals surface area contributed by atoms with Crippen molar-refractivity contribution in [2.75, 3.05) is 32.7 Å². The third-order valence-corrected chi connectivity index (χ3v) is 4.95. The highest BCUT2D eigenvalue weighted by Gasteiger charge is 2.34. The molecule has 0 saturated carbocycles. The Kier molecular flexibility index (Phi) is 5.08. The van der Waals surface area contributed by atoms with E-state index >= 15 is 0 Å². The van der Waals surface area contributed by atoms with Crippen LogP contribution in [-0.4, -0.2) is 37.6 Å². The van der Waals surface area contributed by atoms with E-state index in [4.69, 9.17) is 0 Å². The summed E-state index contributed by atoms with van der Waals surface area (Å²) in [5, 5.41) is 3.53. The summed E-state index contributed by atoms with van der Waals surface area (Å²) in [4.78, 5) is 2.78. The number of hydrogen-bond acceptors (Lipinski definition) is 2. The van der Waals surface area contributed by atoms with Gasteiger partial charge in [0.15, 0.2) is 0 Å². The maximum Gasteiger partial charge on any atom is 0.00391 e. The molecule has 0 bridgehead atoms. The van der Waals surface area contributed by atoms with Crippen LogP contribution in [0.25, 0.3) is 0 Å². The van der Waals surface area contributed by atoms with E-state index in [-0.39, 0.29) is 0 Å². The van der Waals surface area contributed by atoms with Gasteiger partial charge in [-0.25, -0.2) is 0 Å². The third-order valence-electron chi connectivity index (χ3n) is 4.95. The summed E-state index contributed by atoms with van der Waals surface area (Å²) >= 11 is 0. The molecule has 0 amide bonds. The smallest absolute Gasteiger partial charge is 0.00391 e. The van der Waals surface area contributed by atoms with Crippen molar-refractivity contribution in [3.63, 3.8) is 0 Å². The van der Waals surface area contributed by atoms with Gasteiger partial charge in [-0.05, 0) is 56.0 Å². The summed E-state index contributed by atoms with van der Waals surface area (Å²) in [7, 11) is 0. The van der Waals surface area contributed by atoms with Crippen LogP contribution in [0.4, 0.5) is 0 Å². The monoisotopic (exact) mass is 252 g/mol. The highest BCUT2D eigenvalue weighted by atomic mass is 15.1. The summed E-state index contributed by atoms with van der Waals surface area (Å²) in [6.45, 7) is 13.7. The van der Waals surface area contributed by atoms with Crippen molar-refractivity contribution in [2.45, 2.75) is 52.9 Å². The molecule has 1 N–H and O–H groups in total. The first kappa shape index (κ1) is 14.3. The van der Waals surface area contributed by atoms with E-state index in [0.29, 0.717) is 5.41 Å². The van der Waals surface area contributed by atoms with Crippen LogP contribution in [0.2, 0.25) is 0 Å². The third kappa shape index (κ3) is 3.71. The zero-order valence-corrected chi connectivity index (χ0v) is 12.7. The van der Waals surface area contributed by atoms with Gasteiger partial charge in [0, 0.05) is 19.6 Å². The highest BCUT2D eigenvalue weighted by Crippen LogP contribution is 2.36. The fourth-order valence-corrected chi connectivity index (χ4v) is 4.37. The minimum atomic E-state index is 0.622. The van der Waals surface area contributed by atoms with Crippen LogP contribution in [0.15, 0.2) is 0 Å². The molecule has 2 saturated heterocycles. The minimum Gasteiger partial charge on any atom is -0.317 e. The standard InChI is InChI=1S/C16H32N2/c1-4-5-16(6-8-17-9-7-16)13-18-11-14(2)10-15(3)12-18/h14-15,17H,4-13H2,1-3H3. The van der Waals surface area contributed by atoms with Crippen molar-refractivity contribution in [1.82, 2.24) is 10.2 Å². The lowest BCUT2D eigenvalue weighted by Gasteiger charge is -2.44. The predicted molar refractivity (Wildman–Crippen MR) is 78.8 cm³/mol. The zero-order chi connectivity index (χ0) is 13.0. The van der Waals surface area contributed by atoms with Crippen molar-refractivity contribution < 1.29 is 0 Å². The average Bonchev–Trinajstić information content (AvgIpc) is 2.28. The average molecular weight is 252 g/mol. The van der Waals surface area contributed by atoms with Gasteiger partial charge in [-0.2, -0.15) is 0 Å². The highest BCUT2D eigenvalue weighted by molar-refractivity contribution is 4.89. The molecular formula is C16H32N2. The van der Waals surface area contributed by atoms with Crippen LogP contribution in [0.5, 0.6) is 0 Å². The largest absolute Gasteiger partial charge is 0.317 e. The van der Waals surface area contributed by atoms with Gasteiger partial charge >= 0.3 is 0 Å². The molecule has 2 aliphatic rings. The van der Waals surface area contributed by atoms with E-state index in [1.54, 1.807) is 0 Å². The number of piperidine rings is 2. The Balaban J connectivity index is 1.95. The lowest BCUT2D eigenvalue weighted by Crippen LogP contribution is -2.48. The Morgan fingerprint density at radius 1 is 1.11 bits per heavy atom. The molecule has 0 radical (unpaired) electrons. The molecule has 2 rings (SSSR count). The molecule has 18 heavy (non-hydrogen) atoms. The molecule has 0 aromatic carbocycles. The van der Waals surface area contributed by atoms with Gasteiger partial charge in [0.05, 0.1) is 0 Å². The molecular weight excluding hydrogens is 220 g/mol. The summed E-state index contributed by atoms with van der Waals surface area (Å²) in [5.74, 6) is 1.79. The Hall–Kier alpha value is -0.0800. The van der Waals surface area contributed by atoms with Crippen molar-refractivity contribution in [1.29, 1.82) is 0 Å². The molecule has 106 valence electrons. The first-order chi connectivity index (χ1) is 8.63. The number of nitrogens with one attached hydrogen (secondary N) is 1. The molecule has 0 aromatic rings. The second kappa shape index (κ2) is 6.38. The SMILES string of the molecule is CCCC1(CN2CC(C)CC(C)C2)CCNCC1. The van der Waals surface area contributed by atoms with Crippen molar-refractivity contribution >= 4 is 0 Å². The summed E-state index contributed by atoms with van der Waals surface area (Å²) in [6, 6.07) is 0. The van der Waals surface area contributed by atoms with Gasteiger partial charge in [0.25, 0.3) is 0 Å². The molecule has 2 unspecified atom stereocenters. The molecule has 2 fully saturated rings. The summed E-state index contributed by atoms with van der Waals surface area (Å²) < 4.78 is 0. The van der Waals surface area contributed by atoms with Gasteiger partial charge in [0.2, 0.25) is 0 Å². The van der Waals surface area contributed by atoms with E-state index in [2.05, 4.69) is 31.0 Å². The predicted octanol–water partition coefficient (Wildman–Crippen LogP) is 3.13. The second-order valence-corrected chi connectivity index (χ2v) is 7.14. The fraction of sp³-hybridized carbons (Fsp3) is 1.00. The Morgan fingerprint density at radius 3 is 2.28 bits per heavy atom. The van der Waals surface area contributed by atoms with Crippen molar-refractivity contribution in [3.8, 4) is 0 Å². The maximum absolute atomic E-state index is 3.53. The van der Waals surface area contributed by atoms with E-state index in [1.807, 2.05) is 0 Å². The quantitative estimate of drug-likeness (QED) is 0.827. The van der Waals surface area contributed by atoms with Gasteiger partial charge < -0.3 is 10.2 Å². The number of rotatable bonds is 4. The lowest BCUT2D eigenvalue weighted by atomic mass is 9.74. The Morgan fingerprint density at radius 2 is 1.72 bits per heavy atom. The number of hydrogen-bond donors (Lipinski definition) is 1. The molecule has 0 spiro atoms. The molecule has 0 aliphatic carbocycles. The molecule has 2 aliphatic heterocycles. The van der Waals surface area contributed by atoms with Crippen LogP contribution in [-0.2, 0) is 0 Å². The Labute approximate surface area is 114 Å². The van der Waals surface area contributed by atoms with Crippen LogP contribution < -0.4 is 5.32 Å². The van der Waals surface area contributed by atoms with E-state index in [1.165, 1.54) is 64.8 Å². The van der Waals surface area contributed by atoms with Crippen LogP contribution in [0.3, 0.4) is 0 Å². The molecule has 0 aromatic heterocycles. The first-order valence-electron chi connectivity index (χ1n) is 8.06. The molecule has 2 heterocycles. The summed E-state index contributed by atoms with van der Waals surface area (Å²) in [6.07, 6.45) is 6.98. The lowest BCUT2D eigenvalue weighted by molar-refractivity contribution is 0.0570. The van der Waals surface area contributed by atoms with E-state index in [9.17, 15) is 0 Å². The van der Waals surface area contributed by atoms with Crippen molar-refractivity contribution in [2.24, 2.45) is 17.3 Å². The van der Waals surface area contributed by atoms with Crippen LogP contribution in [0.1, 0.15) is 52.9 Å². The second-order valence-electron chi connectivity index (χ2n) is 7.14. The molecule has 2 atom stereocenters. The first-order valence-corrected chi connectivity index (χ1v) is 8.06. The molecule has 2 heteroatoms. The van der Waals surface area contributed by atoms with E-state index in [0.717, 1.165) is 11.8 Å². The van der Waals surface area contributed by atoms with Gasteiger partial charge in [-0.15, -0.1) is 0 Å². The van der Waals surface area contributed by atoms with Crippen LogP contribution in [0, 0.1) is 17.3 Å². The molecule has 2 nitrogen and oxygen atoms in total. The fourth-order valence-electron chi connectivity index (χ4n) is 4.37. The summed E-state index contributed by atoms with van der Waals surface area (Å²) in [5.41, 5.74) is 0.622. The Bertz CT molecular complexity index is 230. The minimum absolute atomic E-state index is 0.622. The maximum atomic E-state index is 3.53. The van der Waals surface area contributed by atoms with Crippen LogP contribution >= 0.6 is 0 Å². The van der Waals surface area contributed by atoms with Gasteiger partial charge in [-0.3, -0.25) is 0 Å². The van der Waals surface area contributed by atoms with Crippen molar-refractivity contribution in [3.05, 3.63) is 0 Å².